The number of nitrogens with zero attached hydrogens (tertiary/aromatic N) is 4. The third-order valence-corrected chi connectivity index (χ3v) is 4.99. The Hall–Kier alpha value is -3.16. The minimum atomic E-state index is -0.0466. The van der Waals surface area contributed by atoms with E-state index >= 15 is 0 Å². The number of ether oxygens (including phenoxy) is 1. The van der Waals surface area contributed by atoms with Crippen LogP contribution in [0.1, 0.15) is 5.56 Å². The molecule has 0 aliphatic rings. The van der Waals surface area contributed by atoms with Gasteiger partial charge in [0, 0.05) is 23.7 Å². The normalized spacial score (nSPS) is 11.1. The Bertz CT molecular complexity index is 1160. The Morgan fingerprint density at radius 1 is 1.07 bits per heavy atom. The van der Waals surface area contributed by atoms with Crippen molar-refractivity contribution in [1.29, 1.82) is 0 Å². The molecule has 0 atom stereocenters. The molecule has 0 amide bonds. The van der Waals surface area contributed by atoms with Crippen molar-refractivity contribution in [2.75, 3.05) is 13.2 Å². The van der Waals surface area contributed by atoms with Gasteiger partial charge in [0.1, 0.15) is 25.0 Å². The molecule has 154 valence electrons. The van der Waals surface area contributed by atoms with Crippen molar-refractivity contribution in [3.8, 4) is 5.75 Å². The van der Waals surface area contributed by atoms with E-state index < -0.39 is 0 Å². The highest BCUT2D eigenvalue weighted by Gasteiger charge is 2.10. The summed E-state index contributed by atoms with van der Waals surface area (Å²) in [6.45, 7) is 2.64. The summed E-state index contributed by atoms with van der Waals surface area (Å²) in [5.74, 6) is 0.777. The smallest absolute Gasteiger partial charge is 0.255 e. The van der Waals surface area contributed by atoms with Crippen molar-refractivity contribution in [2.24, 2.45) is 0 Å². The molecule has 0 bridgehead atoms. The summed E-state index contributed by atoms with van der Waals surface area (Å²) in [5, 5.41) is 8.94. The summed E-state index contributed by atoms with van der Waals surface area (Å²) < 4.78 is 9.28. The number of nitrogens with one attached hydrogen (secondary N) is 1. The van der Waals surface area contributed by atoms with Crippen LogP contribution in [0.3, 0.4) is 0 Å². The molecule has 30 heavy (non-hydrogen) atoms. The van der Waals surface area contributed by atoms with Crippen LogP contribution in [-0.4, -0.2) is 32.5 Å². The van der Waals surface area contributed by atoms with Crippen LogP contribution in [0.4, 0.5) is 0 Å². The first kappa shape index (κ1) is 20.1. The Balaban J connectivity index is 1.51. The van der Waals surface area contributed by atoms with Crippen molar-refractivity contribution in [1.82, 2.24) is 24.6 Å². The van der Waals surface area contributed by atoms with Gasteiger partial charge >= 0.3 is 0 Å². The van der Waals surface area contributed by atoms with Gasteiger partial charge in [-0.05, 0) is 35.7 Å². The number of aromatic nitrogens is 4. The van der Waals surface area contributed by atoms with Crippen LogP contribution < -0.4 is 15.6 Å². The summed E-state index contributed by atoms with van der Waals surface area (Å²) in [4.78, 5) is 17.1. The van der Waals surface area contributed by atoms with Gasteiger partial charge in [-0.3, -0.25) is 9.48 Å². The van der Waals surface area contributed by atoms with E-state index in [0.717, 1.165) is 16.7 Å². The quantitative estimate of drug-likeness (QED) is 0.419. The van der Waals surface area contributed by atoms with Gasteiger partial charge in [0.25, 0.3) is 5.56 Å². The van der Waals surface area contributed by atoms with Crippen molar-refractivity contribution in [3.05, 3.63) is 88.2 Å². The zero-order valence-corrected chi connectivity index (χ0v) is 17.1. The monoisotopic (exact) mass is 423 g/mol. The molecule has 1 N–H and O–H groups in total. The van der Waals surface area contributed by atoms with Crippen LogP contribution in [0.5, 0.6) is 5.75 Å². The highest BCUT2D eigenvalue weighted by atomic mass is 35.5. The maximum absolute atomic E-state index is 13.2. The fourth-order valence-corrected chi connectivity index (χ4v) is 3.46. The summed E-state index contributed by atoms with van der Waals surface area (Å²) in [6, 6.07) is 17.1. The van der Waals surface area contributed by atoms with Crippen LogP contribution in [0.15, 0.2) is 72.0 Å². The second-order valence-corrected chi connectivity index (χ2v) is 7.26. The van der Waals surface area contributed by atoms with Crippen molar-refractivity contribution in [3.63, 3.8) is 0 Å². The lowest BCUT2D eigenvalue weighted by molar-refractivity contribution is 0.298. The van der Waals surface area contributed by atoms with Crippen molar-refractivity contribution < 1.29 is 4.74 Å². The van der Waals surface area contributed by atoms with E-state index in [0.29, 0.717) is 43.4 Å². The average Bonchev–Trinajstić information content (AvgIpc) is 3.28. The first-order valence-corrected chi connectivity index (χ1v) is 10.1. The molecule has 0 spiro atoms. The number of rotatable bonds is 9. The van der Waals surface area contributed by atoms with E-state index in [4.69, 9.17) is 16.3 Å². The molecule has 0 aliphatic carbocycles. The zero-order valence-electron chi connectivity index (χ0n) is 16.4. The van der Waals surface area contributed by atoms with Gasteiger partial charge in [-0.2, -0.15) is 5.10 Å². The second kappa shape index (κ2) is 9.56. The molecule has 7 nitrogen and oxygen atoms in total. The maximum atomic E-state index is 13.2. The lowest BCUT2D eigenvalue weighted by atomic mass is 10.1. The van der Waals surface area contributed by atoms with Gasteiger partial charge in [0.2, 0.25) is 0 Å². The van der Waals surface area contributed by atoms with E-state index in [9.17, 15) is 4.79 Å². The van der Waals surface area contributed by atoms with Gasteiger partial charge in [0.15, 0.2) is 0 Å². The summed E-state index contributed by atoms with van der Waals surface area (Å²) in [5.41, 5.74) is 1.45. The first-order valence-electron chi connectivity index (χ1n) is 9.74. The second-order valence-electron chi connectivity index (χ2n) is 6.83. The van der Waals surface area contributed by atoms with E-state index in [1.165, 1.54) is 6.33 Å². The minimum absolute atomic E-state index is 0.0466. The number of hydrogen-bond acceptors (Lipinski definition) is 5. The topological polar surface area (TPSA) is 74.0 Å². The highest BCUT2D eigenvalue weighted by Crippen LogP contribution is 2.19. The fourth-order valence-electron chi connectivity index (χ4n) is 3.29. The van der Waals surface area contributed by atoms with E-state index in [2.05, 4.69) is 15.4 Å². The molecular formula is C22H22ClN5O2. The number of hydrogen-bond donors (Lipinski definition) is 1. The fraction of sp³-hybridized carbons (Fsp3) is 0.227. The van der Waals surface area contributed by atoms with E-state index in [1.54, 1.807) is 15.6 Å². The van der Waals surface area contributed by atoms with Crippen LogP contribution in [0.25, 0.3) is 10.9 Å². The van der Waals surface area contributed by atoms with Crippen LogP contribution in [0, 0.1) is 0 Å². The van der Waals surface area contributed by atoms with Crippen LogP contribution in [0.2, 0.25) is 5.02 Å². The number of benzene rings is 2. The summed E-state index contributed by atoms with van der Waals surface area (Å²) in [6.07, 6.45) is 3.17. The van der Waals surface area contributed by atoms with Gasteiger partial charge in [0.05, 0.1) is 18.6 Å². The third kappa shape index (κ3) is 4.87. The molecule has 0 saturated heterocycles. The molecule has 8 heteroatoms. The zero-order chi connectivity index (χ0) is 20.8. The summed E-state index contributed by atoms with van der Waals surface area (Å²) in [7, 11) is 0. The number of pyridine rings is 1. The Kier molecular flexibility index (Phi) is 6.41. The SMILES string of the molecule is O=c1c(CNCCn2cncn2)cc2ccc(Cl)cc2n1CCOc1ccccc1. The summed E-state index contributed by atoms with van der Waals surface area (Å²) >= 11 is 6.19. The van der Waals surface area contributed by atoms with Gasteiger partial charge in [-0.15, -0.1) is 0 Å². The number of para-hydroxylation sites is 1. The predicted octanol–water partition coefficient (Wildman–Crippen LogP) is 3.12. The molecule has 0 fully saturated rings. The average molecular weight is 424 g/mol. The molecular weight excluding hydrogens is 402 g/mol. The first-order chi connectivity index (χ1) is 14.7. The minimum Gasteiger partial charge on any atom is -0.492 e. The van der Waals surface area contributed by atoms with E-state index in [1.807, 2.05) is 54.6 Å². The van der Waals surface area contributed by atoms with Crippen LogP contribution in [-0.2, 0) is 19.6 Å². The van der Waals surface area contributed by atoms with Crippen LogP contribution >= 0.6 is 11.6 Å². The Morgan fingerprint density at radius 3 is 2.73 bits per heavy atom. The molecule has 0 radical (unpaired) electrons. The van der Waals surface area contributed by atoms with Gasteiger partial charge in [-0.1, -0.05) is 35.9 Å². The lowest BCUT2D eigenvalue weighted by Crippen LogP contribution is -2.30. The number of halogens is 1. The third-order valence-electron chi connectivity index (χ3n) is 4.76. The molecule has 0 unspecified atom stereocenters. The standard InChI is InChI=1S/C22H22ClN5O2/c23-19-7-6-17-12-18(14-24-8-9-27-16-25-15-26-27)22(29)28(21(17)13-19)10-11-30-20-4-2-1-3-5-20/h1-7,12-13,15-16,24H,8-11,14H2. The molecule has 2 aromatic heterocycles. The molecule has 0 aliphatic heterocycles. The van der Waals surface area contributed by atoms with Crippen molar-refractivity contribution in [2.45, 2.75) is 19.6 Å². The lowest BCUT2D eigenvalue weighted by Gasteiger charge is -2.14. The maximum Gasteiger partial charge on any atom is 0.255 e. The molecule has 4 rings (SSSR count). The highest BCUT2D eigenvalue weighted by molar-refractivity contribution is 6.31. The van der Waals surface area contributed by atoms with Gasteiger partial charge < -0.3 is 14.6 Å². The van der Waals surface area contributed by atoms with Gasteiger partial charge in [-0.25, -0.2) is 4.98 Å². The predicted molar refractivity (Wildman–Crippen MR) is 117 cm³/mol. The largest absolute Gasteiger partial charge is 0.492 e. The molecule has 2 heterocycles. The number of fused-ring (bicyclic) bond motifs is 1. The Labute approximate surface area is 178 Å². The van der Waals surface area contributed by atoms with E-state index in [-0.39, 0.29) is 5.56 Å². The molecule has 0 saturated carbocycles. The van der Waals surface area contributed by atoms with Crippen molar-refractivity contribution >= 4 is 22.5 Å². The Morgan fingerprint density at radius 2 is 1.93 bits per heavy atom. The molecule has 2 aromatic carbocycles. The molecule has 4 aromatic rings.